The van der Waals surface area contributed by atoms with Crippen LogP contribution < -0.4 is 16.5 Å². The highest BCUT2D eigenvalue weighted by molar-refractivity contribution is 5.85. The van der Waals surface area contributed by atoms with E-state index in [-0.39, 0.29) is 41.1 Å². The Bertz CT molecular complexity index is 767. The van der Waals surface area contributed by atoms with E-state index in [2.05, 4.69) is 5.32 Å². The summed E-state index contributed by atoms with van der Waals surface area (Å²) in [6, 6.07) is 4.25. The van der Waals surface area contributed by atoms with Gasteiger partial charge in [-0.25, -0.2) is 4.39 Å². The van der Waals surface area contributed by atoms with Gasteiger partial charge in [-0.3, -0.25) is 9.59 Å². The highest BCUT2D eigenvalue weighted by Crippen LogP contribution is 2.33. The number of halogens is 2. The van der Waals surface area contributed by atoms with Gasteiger partial charge < -0.3 is 16.2 Å². The second-order valence-corrected chi connectivity index (χ2v) is 7.58. The maximum Gasteiger partial charge on any atom is 0.237 e. The molecule has 5 nitrogen and oxygen atoms in total. The Morgan fingerprint density at radius 2 is 1.74 bits per heavy atom. The molecule has 0 aliphatic heterocycles. The molecule has 0 aliphatic rings. The van der Waals surface area contributed by atoms with Gasteiger partial charge in [0.2, 0.25) is 5.91 Å². The number of amides is 1. The van der Waals surface area contributed by atoms with Crippen LogP contribution in [0.2, 0.25) is 0 Å². The number of carbonyl (C=O) groups is 1. The summed E-state index contributed by atoms with van der Waals surface area (Å²) < 4.78 is 13.1. The number of nitrogens with one attached hydrogen (secondary N) is 1. The minimum absolute atomic E-state index is 0. The van der Waals surface area contributed by atoms with Gasteiger partial charge in [0, 0.05) is 11.1 Å². The summed E-state index contributed by atoms with van der Waals surface area (Å²) in [5, 5.41) is 13.5. The van der Waals surface area contributed by atoms with Gasteiger partial charge in [0.15, 0.2) is 5.43 Å². The molecule has 0 fully saturated rings. The van der Waals surface area contributed by atoms with Crippen molar-refractivity contribution in [3.05, 3.63) is 45.9 Å². The van der Waals surface area contributed by atoms with E-state index in [1.807, 2.05) is 27.7 Å². The van der Waals surface area contributed by atoms with Crippen LogP contribution in [0.5, 0.6) is 0 Å². The predicted octanol–water partition coefficient (Wildman–Crippen LogP) is 2.70. The Morgan fingerprint density at radius 1 is 1.19 bits per heavy atom. The molecule has 150 valence electrons. The molecule has 0 spiro atoms. The zero-order chi connectivity index (χ0) is 19.6. The largest absolute Gasteiger partial charge is 0.386 e. The maximum atomic E-state index is 13.1. The van der Waals surface area contributed by atoms with Gasteiger partial charge in [-0.15, -0.1) is 12.4 Å². The molecular formula is C20H28ClFN2O3. The van der Waals surface area contributed by atoms with Crippen LogP contribution in [0.15, 0.2) is 29.1 Å². The van der Waals surface area contributed by atoms with Crippen molar-refractivity contribution in [2.45, 2.75) is 52.3 Å². The molecule has 0 radical (unpaired) electrons. The van der Waals surface area contributed by atoms with Crippen LogP contribution in [0, 0.1) is 17.7 Å². The first-order valence-electron chi connectivity index (χ1n) is 8.92. The monoisotopic (exact) mass is 398 g/mol. The molecule has 1 amide bonds. The Kier molecular flexibility index (Phi) is 8.14. The van der Waals surface area contributed by atoms with E-state index >= 15 is 0 Å². The Balaban J connectivity index is 0.00000364. The van der Waals surface area contributed by atoms with Gasteiger partial charge >= 0.3 is 0 Å². The van der Waals surface area contributed by atoms with Crippen LogP contribution in [0.4, 0.5) is 4.39 Å². The quantitative estimate of drug-likeness (QED) is 0.637. The van der Waals surface area contributed by atoms with E-state index < -0.39 is 24.0 Å². The van der Waals surface area contributed by atoms with E-state index in [0.717, 1.165) is 0 Å². The van der Waals surface area contributed by atoms with Crippen molar-refractivity contribution in [1.29, 1.82) is 0 Å². The van der Waals surface area contributed by atoms with Crippen molar-refractivity contribution in [2.75, 3.05) is 0 Å². The third kappa shape index (κ3) is 5.61. The van der Waals surface area contributed by atoms with Crippen LogP contribution in [0.3, 0.4) is 0 Å². The molecule has 4 N–H and O–H groups in total. The van der Waals surface area contributed by atoms with Crippen molar-refractivity contribution in [2.24, 2.45) is 17.6 Å². The number of hydrogen-bond acceptors (Lipinski definition) is 4. The number of hydrogen-bond donors (Lipinski definition) is 3. The molecule has 7 heteroatoms. The zero-order valence-electron chi connectivity index (χ0n) is 16.0. The Labute approximate surface area is 165 Å². The average Bonchev–Trinajstić information content (AvgIpc) is 3.22. The van der Waals surface area contributed by atoms with Crippen molar-refractivity contribution in [3.8, 4) is 11.1 Å². The third-order valence-electron chi connectivity index (χ3n) is 4.54. The summed E-state index contributed by atoms with van der Waals surface area (Å²) in [6.45, 7) is 7.66. The van der Waals surface area contributed by atoms with Gasteiger partial charge in [-0.1, -0.05) is 39.8 Å². The molecule has 0 saturated heterocycles. The zero-order valence-corrected chi connectivity index (χ0v) is 16.8. The van der Waals surface area contributed by atoms with E-state index in [1.54, 1.807) is 0 Å². The molecule has 0 aromatic heterocycles. The van der Waals surface area contributed by atoms with Crippen molar-refractivity contribution in [1.82, 2.24) is 5.32 Å². The summed E-state index contributed by atoms with van der Waals surface area (Å²) in [5.74, 6) is -0.559. The standard InChI is InChI=1S/C20H27FN2O3.ClH/c1-10(2)9-14(22)20(26)23-17(11(3)4)19(25)16-15(18(16)24)12-5-7-13(21)8-6-12;/h5-8,10-11,14,17,19,25H,9,22H2,1-4H3,(H,23,26);1H/t14-,17-,19+;/m0./s1. The number of benzene rings is 1. The van der Waals surface area contributed by atoms with E-state index in [4.69, 9.17) is 5.73 Å². The molecule has 27 heavy (non-hydrogen) atoms. The molecule has 2 aromatic rings. The lowest BCUT2D eigenvalue weighted by atomic mass is 9.95. The fraction of sp³-hybridized carbons (Fsp3) is 0.500. The van der Waals surface area contributed by atoms with Crippen LogP contribution in [0.25, 0.3) is 11.1 Å². The Hall–Kier alpha value is -1.76. The number of aliphatic hydroxyl groups excluding tert-OH is 1. The average molecular weight is 399 g/mol. The molecule has 0 heterocycles. The topological polar surface area (TPSA) is 92.4 Å². The Morgan fingerprint density at radius 3 is 2.22 bits per heavy atom. The minimum atomic E-state index is -1.13. The van der Waals surface area contributed by atoms with Crippen LogP contribution >= 0.6 is 12.4 Å². The normalized spacial score (nSPS) is 14.9. The first kappa shape index (κ1) is 23.3. The summed E-state index contributed by atoms with van der Waals surface area (Å²) in [5.41, 5.74) is 6.89. The lowest BCUT2D eigenvalue weighted by molar-refractivity contribution is -0.124. The fourth-order valence-corrected chi connectivity index (χ4v) is 3.05. The number of nitrogens with two attached hydrogens (primary N) is 1. The molecule has 0 aliphatic carbocycles. The first-order valence-corrected chi connectivity index (χ1v) is 8.92. The van der Waals surface area contributed by atoms with E-state index in [9.17, 15) is 19.1 Å². The molecule has 0 unspecified atom stereocenters. The van der Waals surface area contributed by atoms with Crippen molar-refractivity contribution >= 4 is 18.3 Å². The first-order chi connectivity index (χ1) is 12.1. The van der Waals surface area contributed by atoms with E-state index in [1.165, 1.54) is 24.3 Å². The summed E-state index contributed by atoms with van der Waals surface area (Å²) in [6.07, 6.45) is -0.590. The fourth-order valence-electron chi connectivity index (χ4n) is 3.05. The minimum Gasteiger partial charge on any atom is -0.386 e. The maximum absolute atomic E-state index is 13.1. The second-order valence-electron chi connectivity index (χ2n) is 7.58. The van der Waals surface area contributed by atoms with E-state index in [0.29, 0.717) is 17.5 Å². The highest BCUT2D eigenvalue weighted by atomic mass is 35.5. The number of rotatable bonds is 8. The molecule has 0 bridgehead atoms. The molecule has 3 atom stereocenters. The van der Waals surface area contributed by atoms with Gasteiger partial charge in [0.1, 0.15) is 11.9 Å². The lowest BCUT2D eigenvalue weighted by Crippen LogP contribution is -2.49. The smallest absolute Gasteiger partial charge is 0.237 e. The third-order valence-corrected chi connectivity index (χ3v) is 4.54. The second kappa shape index (κ2) is 9.44. The predicted molar refractivity (Wildman–Crippen MR) is 107 cm³/mol. The molecule has 2 rings (SSSR count). The number of aliphatic hydroxyl groups is 1. The van der Waals surface area contributed by atoms with Crippen LogP contribution in [-0.4, -0.2) is 23.1 Å². The summed E-state index contributed by atoms with van der Waals surface area (Å²) in [4.78, 5) is 24.5. The van der Waals surface area contributed by atoms with Crippen molar-refractivity contribution < 1.29 is 14.3 Å². The number of carbonyl (C=O) groups excluding carboxylic acids is 1. The van der Waals surface area contributed by atoms with Gasteiger partial charge in [0.25, 0.3) is 0 Å². The molecule has 2 aromatic carbocycles. The van der Waals surface area contributed by atoms with Crippen molar-refractivity contribution in [3.63, 3.8) is 0 Å². The molecule has 0 saturated carbocycles. The SMILES string of the molecule is CC(C)C[C@H](N)C(=O)N[C@@H](C(C)C)[C@H](O)c1c(-c2ccc(F)cc2)c1=O.Cl. The highest BCUT2D eigenvalue weighted by Gasteiger charge is 2.37. The summed E-state index contributed by atoms with van der Waals surface area (Å²) >= 11 is 0. The van der Waals surface area contributed by atoms with Gasteiger partial charge in [0.05, 0.1) is 12.1 Å². The van der Waals surface area contributed by atoms with Crippen LogP contribution in [-0.2, 0) is 4.79 Å². The summed E-state index contributed by atoms with van der Waals surface area (Å²) in [7, 11) is 0. The van der Waals surface area contributed by atoms with Crippen LogP contribution in [0.1, 0.15) is 45.8 Å². The van der Waals surface area contributed by atoms with Gasteiger partial charge in [-0.2, -0.15) is 0 Å². The lowest BCUT2D eigenvalue weighted by Gasteiger charge is -2.27. The molecular weight excluding hydrogens is 371 g/mol. The van der Waals surface area contributed by atoms with Gasteiger partial charge in [-0.05, 0) is 36.0 Å².